The zero-order valence-corrected chi connectivity index (χ0v) is 13.6. The Morgan fingerprint density at radius 3 is 2.62 bits per heavy atom. The number of rotatable bonds is 5. The van der Waals surface area contributed by atoms with Crippen LogP contribution in [0.2, 0.25) is 0 Å². The molecule has 2 atom stereocenters. The Morgan fingerprint density at radius 2 is 2.05 bits per heavy atom. The second-order valence-corrected chi connectivity index (χ2v) is 6.81. The molecule has 0 aromatic carbocycles. The van der Waals surface area contributed by atoms with E-state index in [0.29, 0.717) is 5.92 Å². The molecule has 2 fully saturated rings. The molecule has 122 valence electrons. The predicted octanol–water partition coefficient (Wildman–Crippen LogP) is 0.680. The van der Waals surface area contributed by atoms with E-state index in [1.54, 1.807) is 0 Å². The molecule has 0 aliphatic carbocycles. The van der Waals surface area contributed by atoms with Gasteiger partial charge in [-0.3, -0.25) is 4.79 Å². The van der Waals surface area contributed by atoms with Gasteiger partial charge in [0, 0.05) is 20.1 Å². The number of hydrogen-bond donors (Lipinski definition) is 2. The molecule has 2 aliphatic heterocycles. The molecule has 0 aromatic rings. The van der Waals surface area contributed by atoms with Gasteiger partial charge < -0.3 is 20.2 Å². The van der Waals surface area contributed by atoms with Crippen molar-refractivity contribution < 1.29 is 9.90 Å². The van der Waals surface area contributed by atoms with Crippen LogP contribution >= 0.6 is 0 Å². The molecule has 2 N–H and O–H groups in total. The minimum atomic E-state index is -0.247. The lowest BCUT2D eigenvalue weighted by Gasteiger charge is -2.35. The summed E-state index contributed by atoms with van der Waals surface area (Å²) in [5, 5.41) is 12.8. The van der Waals surface area contributed by atoms with Crippen LogP contribution in [0.5, 0.6) is 0 Å². The molecule has 2 rings (SSSR count). The molecule has 0 spiro atoms. The molecule has 2 saturated heterocycles. The topological polar surface area (TPSA) is 55.8 Å². The first-order chi connectivity index (χ1) is 10.1. The summed E-state index contributed by atoms with van der Waals surface area (Å²) in [7, 11) is 1.95. The maximum absolute atomic E-state index is 12.4. The largest absolute Gasteiger partial charge is 0.392 e. The van der Waals surface area contributed by atoms with Crippen LogP contribution in [-0.4, -0.2) is 72.7 Å². The second-order valence-electron chi connectivity index (χ2n) is 6.81. The zero-order valence-electron chi connectivity index (χ0n) is 13.6. The van der Waals surface area contributed by atoms with Gasteiger partial charge in [0.15, 0.2) is 0 Å². The van der Waals surface area contributed by atoms with Crippen molar-refractivity contribution in [3.8, 4) is 0 Å². The number of nitrogens with zero attached hydrogens (tertiary/aromatic N) is 2. The van der Waals surface area contributed by atoms with Crippen LogP contribution in [0, 0.1) is 5.92 Å². The maximum Gasteiger partial charge on any atom is 0.239 e. The highest BCUT2D eigenvalue weighted by atomic mass is 16.3. The van der Waals surface area contributed by atoms with E-state index in [2.05, 4.69) is 10.2 Å². The molecule has 2 heterocycles. The van der Waals surface area contributed by atoms with E-state index >= 15 is 0 Å². The quantitative estimate of drug-likeness (QED) is 0.783. The summed E-state index contributed by atoms with van der Waals surface area (Å²) in [5.74, 6) is 0.869. The summed E-state index contributed by atoms with van der Waals surface area (Å²) < 4.78 is 0. The lowest BCUT2D eigenvalue weighted by atomic mass is 9.95. The van der Waals surface area contributed by atoms with E-state index in [1.165, 1.54) is 6.42 Å². The Kier molecular flexibility index (Phi) is 6.45. The summed E-state index contributed by atoms with van der Waals surface area (Å²) in [6, 6.07) is 0.0408. The molecule has 1 amide bonds. The van der Waals surface area contributed by atoms with Crippen LogP contribution in [0.15, 0.2) is 0 Å². The van der Waals surface area contributed by atoms with Crippen LogP contribution in [0.25, 0.3) is 0 Å². The molecular formula is C16H31N3O2. The van der Waals surface area contributed by atoms with Crippen molar-refractivity contribution in [2.45, 2.75) is 51.2 Å². The number of piperidine rings is 2. The van der Waals surface area contributed by atoms with Crippen LogP contribution in [-0.2, 0) is 4.79 Å². The monoisotopic (exact) mass is 297 g/mol. The number of hydrogen-bond acceptors (Lipinski definition) is 4. The Labute approximate surface area is 128 Å². The first-order valence-electron chi connectivity index (χ1n) is 8.45. The Bertz CT molecular complexity index is 321. The molecule has 0 saturated carbocycles. The van der Waals surface area contributed by atoms with E-state index in [0.717, 1.165) is 58.4 Å². The molecule has 0 bridgehead atoms. The van der Waals surface area contributed by atoms with Crippen molar-refractivity contribution in [1.82, 2.24) is 15.1 Å². The van der Waals surface area contributed by atoms with E-state index in [9.17, 15) is 9.90 Å². The van der Waals surface area contributed by atoms with Crippen LogP contribution in [0.1, 0.15) is 39.0 Å². The number of likely N-dealkylation sites (tertiary alicyclic amines) is 1. The third-order valence-electron chi connectivity index (χ3n) is 4.75. The summed E-state index contributed by atoms with van der Waals surface area (Å²) in [6.07, 6.45) is 5.34. The van der Waals surface area contributed by atoms with Crippen LogP contribution < -0.4 is 5.32 Å². The molecule has 1 unspecified atom stereocenters. The third kappa shape index (κ3) is 5.24. The predicted molar refractivity (Wildman–Crippen MR) is 84.1 cm³/mol. The minimum absolute atomic E-state index is 0.0408. The van der Waals surface area contributed by atoms with Gasteiger partial charge in [-0.1, -0.05) is 6.42 Å². The Balaban J connectivity index is 1.71. The van der Waals surface area contributed by atoms with E-state index in [-0.39, 0.29) is 18.1 Å². The smallest absolute Gasteiger partial charge is 0.239 e. The average molecular weight is 297 g/mol. The minimum Gasteiger partial charge on any atom is -0.392 e. The van der Waals surface area contributed by atoms with E-state index in [1.807, 2.05) is 18.9 Å². The molecule has 5 nitrogen and oxygen atoms in total. The van der Waals surface area contributed by atoms with Crippen molar-refractivity contribution in [1.29, 1.82) is 0 Å². The zero-order chi connectivity index (χ0) is 15.2. The second kappa shape index (κ2) is 8.11. The highest BCUT2D eigenvalue weighted by molar-refractivity contribution is 5.81. The lowest BCUT2D eigenvalue weighted by Crippen LogP contribution is -2.49. The number of aliphatic hydroxyl groups is 1. The summed E-state index contributed by atoms with van der Waals surface area (Å²) >= 11 is 0. The van der Waals surface area contributed by atoms with Gasteiger partial charge in [0.05, 0.1) is 12.1 Å². The summed E-state index contributed by atoms with van der Waals surface area (Å²) in [6.45, 7) is 6.54. The number of carbonyl (C=O) groups is 1. The van der Waals surface area contributed by atoms with Crippen molar-refractivity contribution in [3.05, 3.63) is 0 Å². The van der Waals surface area contributed by atoms with Crippen molar-refractivity contribution >= 4 is 5.91 Å². The maximum atomic E-state index is 12.4. The number of carbonyl (C=O) groups excluding carboxylic acids is 1. The number of likely N-dealkylation sites (N-methyl/N-ethyl adjacent to an activating group) is 1. The highest BCUT2D eigenvalue weighted by Crippen LogP contribution is 2.19. The SMILES string of the molecule is CC(O)CN1CCC(CN(C)C(=O)[C@@H]2CCCCN2)CC1. The van der Waals surface area contributed by atoms with Gasteiger partial charge in [0.25, 0.3) is 0 Å². The normalized spacial score (nSPS) is 26.5. The first-order valence-corrected chi connectivity index (χ1v) is 8.45. The molecule has 2 aliphatic rings. The van der Waals surface area contributed by atoms with Crippen LogP contribution in [0.3, 0.4) is 0 Å². The van der Waals surface area contributed by atoms with Gasteiger partial charge in [0.2, 0.25) is 5.91 Å². The number of aliphatic hydroxyl groups excluding tert-OH is 1. The fourth-order valence-electron chi connectivity index (χ4n) is 3.53. The average Bonchev–Trinajstić information content (AvgIpc) is 2.49. The van der Waals surface area contributed by atoms with Gasteiger partial charge in [-0.2, -0.15) is 0 Å². The molecule has 21 heavy (non-hydrogen) atoms. The number of amides is 1. The summed E-state index contributed by atoms with van der Waals surface area (Å²) in [5.41, 5.74) is 0. The third-order valence-corrected chi connectivity index (χ3v) is 4.75. The fraction of sp³-hybridized carbons (Fsp3) is 0.938. The molecule has 0 radical (unpaired) electrons. The first kappa shape index (κ1) is 16.7. The van der Waals surface area contributed by atoms with Crippen molar-refractivity contribution in [3.63, 3.8) is 0 Å². The Morgan fingerprint density at radius 1 is 1.33 bits per heavy atom. The highest BCUT2D eigenvalue weighted by Gasteiger charge is 2.27. The van der Waals surface area contributed by atoms with E-state index < -0.39 is 0 Å². The lowest BCUT2D eigenvalue weighted by molar-refractivity contribution is -0.133. The van der Waals surface area contributed by atoms with Crippen molar-refractivity contribution in [2.75, 3.05) is 39.8 Å². The fourth-order valence-corrected chi connectivity index (χ4v) is 3.53. The van der Waals surface area contributed by atoms with Gasteiger partial charge in [0.1, 0.15) is 0 Å². The van der Waals surface area contributed by atoms with Gasteiger partial charge in [-0.05, 0) is 58.2 Å². The van der Waals surface area contributed by atoms with Crippen LogP contribution in [0.4, 0.5) is 0 Å². The molecule has 0 aromatic heterocycles. The van der Waals surface area contributed by atoms with Gasteiger partial charge in [-0.25, -0.2) is 0 Å². The van der Waals surface area contributed by atoms with Gasteiger partial charge in [-0.15, -0.1) is 0 Å². The molecule has 5 heteroatoms. The summed E-state index contributed by atoms with van der Waals surface area (Å²) in [4.78, 5) is 16.7. The number of β-amino-alcohol motifs (C(OH)–C–C–N with tert-alkyl or cyclic N) is 1. The van der Waals surface area contributed by atoms with Gasteiger partial charge >= 0.3 is 0 Å². The van der Waals surface area contributed by atoms with E-state index in [4.69, 9.17) is 0 Å². The van der Waals surface area contributed by atoms with Crippen molar-refractivity contribution in [2.24, 2.45) is 5.92 Å². The Hall–Kier alpha value is -0.650. The standard InChI is InChI=1S/C16H31N3O2/c1-13(20)11-19-9-6-14(7-10-19)12-18(2)16(21)15-5-3-4-8-17-15/h13-15,17,20H,3-12H2,1-2H3/t13?,15-/m0/s1. The number of nitrogens with one attached hydrogen (secondary N) is 1. The molecular weight excluding hydrogens is 266 g/mol.